The summed E-state index contributed by atoms with van der Waals surface area (Å²) in [6, 6.07) is 19.0. The van der Waals surface area contributed by atoms with Crippen LogP contribution in [0.5, 0.6) is 11.5 Å². The van der Waals surface area contributed by atoms with E-state index < -0.39 is 25.9 Å². The van der Waals surface area contributed by atoms with Gasteiger partial charge in [-0.25, -0.2) is 8.78 Å². The fourth-order valence-electron chi connectivity index (χ4n) is 6.93. The highest BCUT2D eigenvalue weighted by atomic mass is 79.9. The van der Waals surface area contributed by atoms with Gasteiger partial charge in [-0.15, -0.1) is 0 Å². The third-order valence-corrected chi connectivity index (χ3v) is 14.8. The fourth-order valence-corrected chi connectivity index (χ4v) is 12.3. The molecule has 3 aromatic carbocycles. The molecule has 2 atom stereocenters. The molecule has 2 unspecified atom stereocenters. The normalized spacial score (nSPS) is 17.5. The average molecular weight is 616 g/mol. The first-order valence-corrected chi connectivity index (χ1v) is 17.4. The van der Waals surface area contributed by atoms with E-state index in [-0.39, 0.29) is 17.2 Å². The van der Waals surface area contributed by atoms with Crippen LogP contribution in [0.2, 0.25) is 16.6 Å². The molecular formula is C33H41BrF2O2Si. The van der Waals surface area contributed by atoms with Gasteiger partial charge in [-0.05, 0) is 64.2 Å². The van der Waals surface area contributed by atoms with Crippen LogP contribution in [0, 0.1) is 11.6 Å². The molecule has 0 aliphatic heterocycles. The number of benzene rings is 3. The van der Waals surface area contributed by atoms with E-state index >= 15 is 8.78 Å². The average Bonchev–Trinajstić information content (AvgIpc) is 2.90. The number of ether oxygens (including phenoxy) is 1. The fraction of sp³-hybridized carbons (Fsp3) is 0.455. The van der Waals surface area contributed by atoms with Gasteiger partial charge in [-0.2, -0.15) is 0 Å². The van der Waals surface area contributed by atoms with E-state index in [1.807, 2.05) is 24.3 Å². The van der Waals surface area contributed by atoms with Crippen molar-refractivity contribution in [3.63, 3.8) is 0 Å². The maximum absolute atomic E-state index is 15.7. The zero-order valence-corrected chi connectivity index (χ0v) is 26.5. The molecule has 0 bridgehead atoms. The summed E-state index contributed by atoms with van der Waals surface area (Å²) in [7, 11) is -2.13. The minimum Gasteiger partial charge on any atom is -0.543 e. The number of rotatable bonds is 10. The van der Waals surface area contributed by atoms with Crippen LogP contribution >= 0.6 is 15.9 Å². The second-order valence-corrected chi connectivity index (χ2v) is 17.8. The van der Waals surface area contributed by atoms with Gasteiger partial charge in [0.2, 0.25) is 0 Å². The summed E-state index contributed by atoms with van der Waals surface area (Å²) < 4.78 is 43.9. The Balaban J connectivity index is 1.81. The second-order valence-electron chi connectivity index (χ2n) is 11.7. The van der Waals surface area contributed by atoms with Crippen molar-refractivity contribution in [3.8, 4) is 11.5 Å². The Kier molecular flexibility index (Phi) is 9.59. The molecule has 2 nitrogen and oxygen atoms in total. The van der Waals surface area contributed by atoms with Crippen molar-refractivity contribution >= 4 is 24.2 Å². The highest BCUT2D eigenvalue weighted by Gasteiger charge is 2.47. The Labute approximate surface area is 242 Å². The van der Waals surface area contributed by atoms with Gasteiger partial charge >= 0.3 is 0 Å². The predicted molar refractivity (Wildman–Crippen MR) is 163 cm³/mol. The number of halogens is 3. The number of alkyl halides is 1. The lowest BCUT2D eigenvalue weighted by Gasteiger charge is -2.42. The molecule has 0 N–H and O–H groups in total. The molecule has 0 fully saturated rings. The molecule has 6 heteroatoms. The van der Waals surface area contributed by atoms with Crippen molar-refractivity contribution in [1.82, 2.24) is 0 Å². The van der Waals surface area contributed by atoms with Gasteiger partial charge in [-0.1, -0.05) is 93.9 Å². The van der Waals surface area contributed by atoms with Crippen LogP contribution in [0.15, 0.2) is 60.7 Å². The molecule has 0 spiro atoms. The first-order valence-electron chi connectivity index (χ1n) is 14.1. The highest BCUT2D eigenvalue weighted by molar-refractivity contribution is 9.09. The molecule has 4 rings (SSSR count). The summed E-state index contributed by atoms with van der Waals surface area (Å²) in [4.78, 5) is 0. The standard InChI is InChI=1S/C33H41BrF2O2Si/c1-21(2)39(22(3)4,23(5)6)38-26-13-15-29-25(18-26)12-14-28(24-10-8-7-9-11-24)32(29)33-30(35)19-27(20-31(33)36)37-17-16-34/h7-11,13,15,18-23,28,32H,12,14,16-17H2,1-6H3. The second kappa shape index (κ2) is 12.6. The molecule has 0 aromatic heterocycles. The zero-order valence-electron chi connectivity index (χ0n) is 23.9. The Morgan fingerprint density at radius 1 is 0.846 bits per heavy atom. The number of fused-ring (bicyclic) bond motifs is 1. The van der Waals surface area contributed by atoms with Gasteiger partial charge in [0, 0.05) is 28.9 Å². The molecular weight excluding hydrogens is 574 g/mol. The lowest BCUT2D eigenvalue weighted by atomic mass is 9.69. The van der Waals surface area contributed by atoms with Crippen LogP contribution in [0.3, 0.4) is 0 Å². The van der Waals surface area contributed by atoms with Crippen molar-refractivity contribution in [3.05, 3.63) is 94.6 Å². The first-order chi connectivity index (χ1) is 18.6. The van der Waals surface area contributed by atoms with Crippen LogP contribution in [0.4, 0.5) is 8.78 Å². The minimum atomic E-state index is -2.13. The SMILES string of the molecule is CC(C)[Si](Oc1ccc2c(c1)CCC(c1ccccc1)C2c1c(F)cc(OCCBr)cc1F)(C(C)C)C(C)C. The maximum atomic E-state index is 15.7. The predicted octanol–water partition coefficient (Wildman–Crippen LogP) is 10.2. The monoisotopic (exact) mass is 614 g/mol. The van der Waals surface area contributed by atoms with Crippen LogP contribution in [0.1, 0.15) is 82.1 Å². The third kappa shape index (κ3) is 5.97. The van der Waals surface area contributed by atoms with Crippen molar-refractivity contribution in [1.29, 1.82) is 0 Å². The Morgan fingerprint density at radius 3 is 2.03 bits per heavy atom. The maximum Gasteiger partial charge on any atom is 0.258 e. The summed E-state index contributed by atoms with van der Waals surface area (Å²) in [5, 5.41) is 0.586. The quantitative estimate of drug-likeness (QED) is 0.167. The van der Waals surface area contributed by atoms with E-state index in [2.05, 4.69) is 81.7 Å². The van der Waals surface area contributed by atoms with Crippen molar-refractivity contribution in [2.45, 2.75) is 82.8 Å². The van der Waals surface area contributed by atoms with E-state index in [4.69, 9.17) is 9.16 Å². The van der Waals surface area contributed by atoms with Gasteiger partial charge in [0.05, 0.1) is 6.61 Å². The van der Waals surface area contributed by atoms with Gasteiger partial charge in [0.25, 0.3) is 8.32 Å². The van der Waals surface area contributed by atoms with Gasteiger partial charge in [0.1, 0.15) is 23.1 Å². The van der Waals surface area contributed by atoms with Gasteiger partial charge < -0.3 is 9.16 Å². The number of hydrogen-bond donors (Lipinski definition) is 0. The lowest BCUT2D eigenvalue weighted by Crippen LogP contribution is -2.50. The van der Waals surface area contributed by atoms with E-state index in [1.54, 1.807) is 0 Å². The summed E-state index contributed by atoms with van der Waals surface area (Å²) >= 11 is 3.30. The van der Waals surface area contributed by atoms with Crippen LogP contribution in [-0.4, -0.2) is 20.3 Å². The van der Waals surface area contributed by atoms with E-state index in [1.165, 1.54) is 12.1 Å². The van der Waals surface area contributed by atoms with E-state index in [9.17, 15) is 0 Å². The summed E-state index contributed by atoms with van der Waals surface area (Å²) in [6.45, 7) is 14.0. The van der Waals surface area contributed by atoms with Crippen LogP contribution in [-0.2, 0) is 6.42 Å². The molecule has 0 radical (unpaired) electrons. The molecule has 1 aliphatic rings. The summed E-state index contributed by atoms with van der Waals surface area (Å²) in [6.07, 6.45) is 1.63. The Bertz CT molecular complexity index is 1220. The van der Waals surface area contributed by atoms with Crippen LogP contribution < -0.4 is 9.16 Å². The molecule has 0 saturated heterocycles. The molecule has 0 heterocycles. The molecule has 1 aliphatic carbocycles. The molecule has 39 heavy (non-hydrogen) atoms. The highest BCUT2D eigenvalue weighted by Crippen LogP contribution is 2.50. The first kappa shape index (κ1) is 29.8. The molecule has 210 valence electrons. The zero-order chi connectivity index (χ0) is 28.3. The molecule has 0 saturated carbocycles. The number of hydrogen-bond acceptors (Lipinski definition) is 2. The Hall–Kier alpha value is -2.18. The topological polar surface area (TPSA) is 18.5 Å². The molecule has 0 amide bonds. The molecule has 3 aromatic rings. The Morgan fingerprint density at radius 2 is 1.46 bits per heavy atom. The van der Waals surface area contributed by atoms with Crippen molar-refractivity contribution < 1.29 is 17.9 Å². The van der Waals surface area contributed by atoms with Crippen molar-refractivity contribution in [2.24, 2.45) is 0 Å². The lowest BCUT2D eigenvalue weighted by molar-refractivity contribution is 0.339. The third-order valence-electron chi connectivity index (χ3n) is 8.52. The summed E-state index contributed by atoms with van der Waals surface area (Å²) in [5.41, 5.74) is 4.66. The van der Waals surface area contributed by atoms with Gasteiger partial charge in [-0.3, -0.25) is 0 Å². The van der Waals surface area contributed by atoms with E-state index in [0.717, 1.165) is 35.3 Å². The van der Waals surface area contributed by atoms with E-state index in [0.29, 0.717) is 28.6 Å². The smallest absolute Gasteiger partial charge is 0.258 e. The minimum absolute atomic E-state index is 0.0424. The largest absolute Gasteiger partial charge is 0.543 e. The van der Waals surface area contributed by atoms with Crippen molar-refractivity contribution in [2.75, 3.05) is 11.9 Å². The summed E-state index contributed by atoms with van der Waals surface area (Å²) in [5.74, 6) is -0.527. The van der Waals surface area contributed by atoms with Crippen LogP contribution in [0.25, 0.3) is 0 Å². The number of aryl methyl sites for hydroxylation is 1. The van der Waals surface area contributed by atoms with Gasteiger partial charge in [0.15, 0.2) is 0 Å².